The van der Waals surface area contributed by atoms with E-state index >= 15 is 0 Å². The van der Waals surface area contributed by atoms with Crippen LogP contribution in [0, 0.1) is 0 Å². The first kappa shape index (κ1) is 21.8. The average molecular weight is 412 g/mol. The molecule has 0 spiro atoms. The van der Waals surface area contributed by atoms with Crippen LogP contribution < -0.4 is 0 Å². The summed E-state index contributed by atoms with van der Waals surface area (Å²) in [4.78, 5) is 27.5. The summed E-state index contributed by atoms with van der Waals surface area (Å²) in [7, 11) is 0. The van der Waals surface area contributed by atoms with Crippen molar-refractivity contribution in [2.45, 2.75) is 19.1 Å². The highest BCUT2D eigenvalue weighted by Crippen LogP contribution is 2.28. The van der Waals surface area contributed by atoms with Crippen LogP contribution in [0.25, 0.3) is 6.08 Å². The molecule has 3 aromatic carbocycles. The molecule has 0 heterocycles. The van der Waals surface area contributed by atoms with Gasteiger partial charge in [0.1, 0.15) is 6.10 Å². The van der Waals surface area contributed by atoms with Crippen molar-refractivity contribution < 1.29 is 14.3 Å². The zero-order valence-electron chi connectivity index (χ0n) is 17.5. The molecule has 0 N–H and O–H groups in total. The van der Waals surface area contributed by atoms with Crippen LogP contribution in [0.15, 0.2) is 104 Å². The Morgan fingerprint density at radius 2 is 1.42 bits per heavy atom. The predicted molar refractivity (Wildman–Crippen MR) is 123 cm³/mol. The Morgan fingerprint density at radius 3 is 1.97 bits per heavy atom. The lowest BCUT2D eigenvalue weighted by molar-refractivity contribution is 0.00845. The van der Waals surface area contributed by atoms with E-state index in [1.165, 1.54) is 11.1 Å². The van der Waals surface area contributed by atoms with Crippen molar-refractivity contribution in [3.05, 3.63) is 127 Å². The minimum Gasteiger partial charge on any atom is -0.452 e. The van der Waals surface area contributed by atoms with Crippen LogP contribution in [0.1, 0.15) is 44.9 Å². The number of rotatable bonds is 8. The molecule has 0 fully saturated rings. The molecule has 0 saturated carbocycles. The third kappa shape index (κ3) is 5.17. The van der Waals surface area contributed by atoms with Crippen molar-refractivity contribution in [2.75, 3.05) is 0 Å². The minimum atomic E-state index is -0.682. The second kappa shape index (κ2) is 10.2. The van der Waals surface area contributed by atoms with Gasteiger partial charge >= 0.3 is 5.97 Å². The smallest absolute Gasteiger partial charge is 0.338 e. The highest BCUT2D eigenvalue weighted by Gasteiger charge is 2.31. The summed E-state index contributed by atoms with van der Waals surface area (Å²) in [6, 6.07) is 24.9. The van der Waals surface area contributed by atoms with Gasteiger partial charge in [-0.05, 0) is 42.3 Å². The van der Waals surface area contributed by atoms with Gasteiger partial charge in [0.2, 0.25) is 0 Å². The zero-order chi connectivity index (χ0) is 22.2. The molecule has 4 nitrogen and oxygen atoms in total. The maximum Gasteiger partial charge on any atom is 0.338 e. The standard InChI is InChI=1S/C27H25NO3/c1-4-21-16-18-24(19-17-21)27(30)31-25(22-12-8-6-9-13-22)20(3)28(5-2)26(29)23-14-10-7-11-15-23/h4-20,25H,1-2H2,3H3. The molecule has 0 aliphatic carbocycles. The average Bonchev–Trinajstić information content (AvgIpc) is 2.83. The number of nitrogens with zero attached hydrogens (tertiary/aromatic N) is 1. The van der Waals surface area contributed by atoms with E-state index < -0.39 is 18.1 Å². The van der Waals surface area contributed by atoms with Crippen molar-refractivity contribution in [3.8, 4) is 0 Å². The van der Waals surface area contributed by atoms with Crippen LogP contribution in [-0.4, -0.2) is 22.8 Å². The number of carbonyl (C=O) groups is 2. The van der Waals surface area contributed by atoms with Gasteiger partial charge in [0.05, 0.1) is 11.6 Å². The summed E-state index contributed by atoms with van der Waals surface area (Å²) in [6.45, 7) is 9.38. The van der Waals surface area contributed by atoms with Gasteiger partial charge in [0.25, 0.3) is 5.91 Å². The molecule has 0 aromatic heterocycles. The lowest BCUT2D eigenvalue weighted by Crippen LogP contribution is -2.39. The van der Waals surface area contributed by atoms with Crippen molar-refractivity contribution in [3.63, 3.8) is 0 Å². The van der Waals surface area contributed by atoms with Crippen molar-refractivity contribution in [1.29, 1.82) is 0 Å². The molecule has 2 unspecified atom stereocenters. The van der Waals surface area contributed by atoms with Crippen molar-refractivity contribution in [1.82, 2.24) is 4.90 Å². The molecular formula is C27H25NO3. The van der Waals surface area contributed by atoms with Crippen LogP contribution in [0.4, 0.5) is 0 Å². The first-order valence-electron chi connectivity index (χ1n) is 10.0. The van der Waals surface area contributed by atoms with E-state index in [2.05, 4.69) is 13.2 Å². The van der Waals surface area contributed by atoms with Gasteiger partial charge in [-0.15, -0.1) is 0 Å². The lowest BCUT2D eigenvalue weighted by Gasteiger charge is -2.32. The summed E-state index contributed by atoms with van der Waals surface area (Å²) in [5.74, 6) is -0.678. The third-order valence-electron chi connectivity index (χ3n) is 5.07. The van der Waals surface area contributed by atoms with Gasteiger partial charge in [-0.3, -0.25) is 4.79 Å². The van der Waals surface area contributed by atoms with E-state index in [1.54, 1.807) is 54.6 Å². The van der Waals surface area contributed by atoms with E-state index in [1.807, 2.05) is 43.3 Å². The Balaban J connectivity index is 1.90. The molecule has 0 saturated heterocycles. The van der Waals surface area contributed by atoms with Gasteiger partial charge in [0.15, 0.2) is 0 Å². The molecule has 4 heteroatoms. The Labute approximate surface area is 183 Å². The van der Waals surface area contributed by atoms with Crippen LogP contribution in [-0.2, 0) is 4.74 Å². The zero-order valence-corrected chi connectivity index (χ0v) is 17.5. The molecular weight excluding hydrogens is 386 g/mol. The van der Waals surface area contributed by atoms with Crippen LogP contribution in [0.2, 0.25) is 0 Å². The largest absolute Gasteiger partial charge is 0.452 e. The normalized spacial score (nSPS) is 12.3. The Kier molecular flexibility index (Phi) is 7.17. The molecule has 3 aromatic rings. The van der Waals surface area contributed by atoms with Crippen molar-refractivity contribution in [2.24, 2.45) is 0 Å². The highest BCUT2D eigenvalue weighted by atomic mass is 16.5. The third-order valence-corrected chi connectivity index (χ3v) is 5.07. The lowest BCUT2D eigenvalue weighted by atomic mass is 10.0. The van der Waals surface area contributed by atoms with Crippen molar-refractivity contribution >= 4 is 18.0 Å². The number of amides is 1. The first-order valence-corrected chi connectivity index (χ1v) is 10.0. The maximum absolute atomic E-state index is 13.1. The van der Waals surface area contributed by atoms with E-state index in [0.717, 1.165) is 11.1 Å². The highest BCUT2D eigenvalue weighted by molar-refractivity contribution is 5.95. The van der Waals surface area contributed by atoms with Crippen LogP contribution >= 0.6 is 0 Å². The summed E-state index contributed by atoms with van der Waals surface area (Å²) < 4.78 is 5.92. The summed E-state index contributed by atoms with van der Waals surface area (Å²) in [5, 5.41) is 0. The summed E-state index contributed by atoms with van der Waals surface area (Å²) >= 11 is 0. The fourth-order valence-electron chi connectivity index (χ4n) is 3.34. The summed E-state index contributed by atoms with van der Waals surface area (Å²) in [6.07, 6.45) is 2.50. The van der Waals surface area contributed by atoms with E-state index in [9.17, 15) is 9.59 Å². The quantitative estimate of drug-likeness (QED) is 0.434. The van der Waals surface area contributed by atoms with Gasteiger partial charge in [-0.1, -0.05) is 79.9 Å². The molecule has 0 bridgehead atoms. The van der Waals surface area contributed by atoms with Crippen LogP contribution in [0.3, 0.4) is 0 Å². The second-order valence-corrected chi connectivity index (χ2v) is 7.06. The molecule has 156 valence electrons. The Bertz CT molecular complexity index is 1040. The Hall–Kier alpha value is -3.92. The maximum atomic E-state index is 13.1. The number of hydrogen-bond acceptors (Lipinski definition) is 3. The SMILES string of the molecule is C=Cc1ccc(C(=O)OC(c2ccccc2)C(C)N(C=C)C(=O)c2ccccc2)cc1. The molecule has 3 rings (SSSR count). The number of hydrogen-bond donors (Lipinski definition) is 0. The fourth-order valence-corrected chi connectivity index (χ4v) is 3.34. The van der Waals surface area contributed by atoms with E-state index in [4.69, 9.17) is 4.74 Å². The molecule has 2 atom stereocenters. The van der Waals surface area contributed by atoms with Gasteiger partial charge in [-0.2, -0.15) is 0 Å². The minimum absolute atomic E-state index is 0.213. The number of benzene rings is 3. The molecule has 31 heavy (non-hydrogen) atoms. The van der Waals surface area contributed by atoms with E-state index in [-0.39, 0.29) is 5.91 Å². The predicted octanol–water partition coefficient (Wildman–Crippen LogP) is 5.90. The fraction of sp³-hybridized carbons (Fsp3) is 0.111. The topological polar surface area (TPSA) is 46.6 Å². The van der Waals surface area contributed by atoms with Gasteiger partial charge in [0, 0.05) is 11.8 Å². The number of esters is 1. The molecule has 0 radical (unpaired) electrons. The molecule has 1 amide bonds. The molecule has 0 aliphatic rings. The summed E-state index contributed by atoms with van der Waals surface area (Å²) in [5.41, 5.74) is 2.67. The monoisotopic (exact) mass is 411 g/mol. The molecule has 0 aliphatic heterocycles. The Morgan fingerprint density at radius 1 is 0.839 bits per heavy atom. The van der Waals surface area contributed by atoms with Crippen LogP contribution in [0.5, 0.6) is 0 Å². The van der Waals surface area contributed by atoms with E-state index in [0.29, 0.717) is 11.1 Å². The second-order valence-electron chi connectivity index (χ2n) is 7.06. The first-order chi connectivity index (χ1) is 15.0. The van der Waals surface area contributed by atoms with Gasteiger partial charge < -0.3 is 9.64 Å². The number of carbonyl (C=O) groups excluding carboxylic acids is 2. The number of ether oxygens (including phenoxy) is 1. The van der Waals surface area contributed by atoms with Gasteiger partial charge in [-0.25, -0.2) is 4.79 Å².